The molecule has 0 amide bonds. The number of carboxylic acids is 1. The molecule has 0 atom stereocenters. The number of carboxylic acid groups (broad SMARTS) is 1. The fourth-order valence-electron chi connectivity index (χ4n) is 1.80. The first-order valence-electron chi connectivity index (χ1n) is 5.76. The van der Waals surface area contributed by atoms with E-state index in [4.69, 9.17) is 9.47 Å². The van der Waals surface area contributed by atoms with Crippen molar-refractivity contribution in [3.63, 3.8) is 0 Å². The van der Waals surface area contributed by atoms with Crippen LogP contribution in [0.3, 0.4) is 0 Å². The molecule has 0 saturated carbocycles. The first-order chi connectivity index (χ1) is 8.31. The van der Waals surface area contributed by atoms with Crippen LogP contribution in [0.1, 0.15) is 25.0 Å². The summed E-state index contributed by atoms with van der Waals surface area (Å²) in [4.78, 5) is 11.2. The van der Waals surface area contributed by atoms with E-state index in [1.807, 2.05) is 13.0 Å². The summed E-state index contributed by atoms with van der Waals surface area (Å²) in [5.41, 5.74) is 1.05. The molecule has 0 unspecified atom stereocenters. The van der Waals surface area contributed by atoms with Gasteiger partial charge < -0.3 is 14.6 Å². The minimum Gasteiger partial charge on any atom is -0.497 e. The maximum Gasteiger partial charge on any atom is 0.309 e. The summed E-state index contributed by atoms with van der Waals surface area (Å²) in [7, 11) is 3.17. The highest BCUT2D eigenvalue weighted by Crippen LogP contribution is 2.33. The number of methoxy groups -OCH3 is 2. The monoisotopic (exact) mass is 252 g/mol. The zero-order valence-electron chi connectivity index (χ0n) is 11.5. The molecule has 4 nitrogen and oxygen atoms in total. The SMILES string of the molecule is COc1cc(C)c(CC(C)(C)C(=O)O)c(OC)c1. The molecule has 0 aliphatic heterocycles. The van der Waals surface area contributed by atoms with E-state index in [2.05, 4.69) is 0 Å². The smallest absolute Gasteiger partial charge is 0.309 e. The van der Waals surface area contributed by atoms with Gasteiger partial charge in [-0.15, -0.1) is 0 Å². The highest BCUT2D eigenvalue weighted by molar-refractivity contribution is 5.74. The fourth-order valence-corrected chi connectivity index (χ4v) is 1.80. The summed E-state index contributed by atoms with van der Waals surface area (Å²) in [6.07, 6.45) is 0.418. The van der Waals surface area contributed by atoms with Crippen molar-refractivity contribution in [1.29, 1.82) is 0 Å². The molecule has 100 valence electrons. The first-order valence-corrected chi connectivity index (χ1v) is 5.76. The van der Waals surface area contributed by atoms with Gasteiger partial charge in [0.05, 0.1) is 19.6 Å². The van der Waals surface area contributed by atoms with Gasteiger partial charge in [0.1, 0.15) is 11.5 Å². The third-order valence-electron chi connectivity index (χ3n) is 3.06. The van der Waals surface area contributed by atoms with Gasteiger partial charge >= 0.3 is 5.97 Å². The molecule has 18 heavy (non-hydrogen) atoms. The van der Waals surface area contributed by atoms with E-state index < -0.39 is 11.4 Å². The lowest BCUT2D eigenvalue weighted by Gasteiger charge is -2.22. The van der Waals surface area contributed by atoms with E-state index in [-0.39, 0.29) is 0 Å². The fraction of sp³-hybridized carbons (Fsp3) is 0.500. The largest absolute Gasteiger partial charge is 0.497 e. The Hall–Kier alpha value is -1.71. The van der Waals surface area contributed by atoms with E-state index in [1.54, 1.807) is 34.1 Å². The maximum atomic E-state index is 11.2. The van der Waals surface area contributed by atoms with Gasteiger partial charge in [0.25, 0.3) is 0 Å². The van der Waals surface area contributed by atoms with E-state index in [9.17, 15) is 9.90 Å². The number of aryl methyl sites for hydroxylation is 1. The average Bonchev–Trinajstić information content (AvgIpc) is 2.30. The van der Waals surface area contributed by atoms with E-state index in [1.165, 1.54) is 0 Å². The number of aliphatic carboxylic acids is 1. The van der Waals surface area contributed by atoms with Crippen molar-refractivity contribution in [3.8, 4) is 11.5 Å². The Morgan fingerprint density at radius 2 is 1.89 bits per heavy atom. The van der Waals surface area contributed by atoms with Gasteiger partial charge in [-0.1, -0.05) is 0 Å². The predicted molar refractivity (Wildman–Crippen MR) is 69.4 cm³/mol. The van der Waals surface area contributed by atoms with Crippen molar-refractivity contribution in [1.82, 2.24) is 0 Å². The van der Waals surface area contributed by atoms with Crippen LogP contribution < -0.4 is 9.47 Å². The topological polar surface area (TPSA) is 55.8 Å². The summed E-state index contributed by atoms with van der Waals surface area (Å²) in [5.74, 6) is 0.558. The average molecular weight is 252 g/mol. The lowest BCUT2D eigenvalue weighted by atomic mass is 9.84. The number of benzene rings is 1. The highest BCUT2D eigenvalue weighted by Gasteiger charge is 2.29. The Balaban J connectivity index is 3.20. The molecule has 0 aromatic heterocycles. The molecule has 0 spiro atoms. The van der Waals surface area contributed by atoms with Crippen molar-refractivity contribution >= 4 is 5.97 Å². The Kier molecular flexibility index (Phi) is 4.22. The van der Waals surface area contributed by atoms with Gasteiger partial charge in [-0.3, -0.25) is 4.79 Å². The molecule has 0 radical (unpaired) electrons. The van der Waals surface area contributed by atoms with Gasteiger partial charge in [-0.2, -0.15) is 0 Å². The molecule has 1 aromatic rings. The van der Waals surface area contributed by atoms with Crippen LogP contribution in [-0.2, 0) is 11.2 Å². The molecule has 0 heterocycles. The number of rotatable bonds is 5. The van der Waals surface area contributed by atoms with Crippen molar-refractivity contribution in [2.45, 2.75) is 27.2 Å². The van der Waals surface area contributed by atoms with Crippen LogP contribution in [0.5, 0.6) is 11.5 Å². The van der Waals surface area contributed by atoms with Crippen molar-refractivity contribution in [3.05, 3.63) is 23.3 Å². The van der Waals surface area contributed by atoms with Crippen LogP contribution in [0.4, 0.5) is 0 Å². The molecule has 0 bridgehead atoms. The van der Waals surface area contributed by atoms with Gasteiger partial charge in [-0.05, 0) is 44.4 Å². The summed E-state index contributed by atoms with van der Waals surface area (Å²) in [6, 6.07) is 3.66. The summed E-state index contributed by atoms with van der Waals surface area (Å²) < 4.78 is 10.5. The lowest BCUT2D eigenvalue weighted by molar-refractivity contribution is -0.146. The van der Waals surface area contributed by atoms with E-state index >= 15 is 0 Å². The second-order valence-electron chi connectivity index (χ2n) is 4.99. The Labute approximate surface area is 108 Å². The van der Waals surface area contributed by atoms with Gasteiger partial charge in [0.15, 0.2) is 0 Å². The third kappa shape index (κ3) is 2.94. The molecular weight excluding hydrogens is 232 g/mol. The van der Waals surface area contributed by atoms with Crippen LogP contribution >= 0.6 is 0 Å². The normalized spacial score (nSPS) is 11.2. The molecule has 0 saturated heterocycles. The van der Waals surface area contributed by atoms with Crippen molar-refractivity contribution in [2.75, 3.05) is 14.2 Å². The zero-order chi connectivity index (χ0) is 13.9. The molecule has 1 aromatic carbocycles. The van der Waals surface area contributed by atoms with Gasteiger partial charge in [-0.25, -0.2) is 0 Å². The Morgan fingerprint density at radius 1 is 1.28 bits per heavy atom. The molecule has 0 aliphatic rings. The van der Waals surface area contributed by atoms with Crippen LogP contribution in [0.25, 0.3) is 0 Å². The van der Waals surface area contributed by atoms with E-state index in [0.29, 0.717) is 17.9 Å². The van der Waals surface area contributed by atoms with Crippen LogP contribution in [0, 0.1) is 12.3 Å². The first kappa shape index (κ1) is 14.4. The Morgan fingerprint density at radius 3 is 2.33 bits per heavy atom. The highest BCUT2D eigenvalue weighted by atomic mass is 16.5. The van der Waals surface area contributed by atoms with Gasteiger partial charge in [0, 0.05) is 6.07 Å². The Bertz CT molecular complexity index is 449. The second kappa shape index (κ2) is 5.29. The number of hydrogen-bond donors (Lipinski definition) is 1. The van der Waals surface area contributed by atoms with Crippen LogP contribution in [0.15, 0.2) is 12.1 Å². The predicted octanol–water partition coefficient (Wildman–Crippen LogP) is 2.67. The zero-order valence-corrected chi connectivity index (χ0v) is 11.5. The second-order valence-corrected chi connectivity index (χ2v) is 4.99. The molecular formula is C14H20O4. The van der Waals surface area contributed by atoms with Crippen molar-refractivity contribution < 1.29 is 19.4 Å². The molecule has 0 fully saturated rings. The number of carbonyl (C=O) groups is 1. The summed E-state index contributed by atoms with van der Waals surface area (Å²) in [5, 5.41) is 9.19. The summed E-state index contributed by atoms with van der Waals surface area (Å²) in [6.45, 7) is 5.34. The number of ether oxygens (including phenoxy) is 2. The standard InChI is InChI=1S/C14H20O4/c1-9-6-10(17-4)7-12(18-5)11(9)8-14(2,3)13(15)16/h6-7H,8H2,1-5H3,(H,15,16). The maximum absolute atomic E-state index is 11.2. The third-order valence-corrected chi connectivity index (χ3v) is 3.06. The molecule has 0 aliphatic carbocycles. The minimum atomic E-state index is -0.827. The quantitative estimate of drug-likeness (QED) is 0.875. The van der Waals surface area contributed by atoms with Crippen molar-refractivity contribution in [2.24, 2.45) is 5.41 Å². The van der Waals surface area contributed by atoms with Gasteiger partial charge in [0.2, 0.25) is 0 Å². The molecule has 1 N–H and O–H groups in total. The summed E-state index contributed by atoms with van der Waals surface area (Å²) >= 11 is 0. The molecule has 4 heteroatoms. The van der Waals surface area contributed by atoms with Crippen LogP contribution in [-0.4, -0.2) is 25.3 Å². The number of hydrogen-bond acceptors (Lipinski definition) is 3. The lowest BCUT2D eigenvalue weighted by Crippen LogP contribution is -2.26. The van der Waals surface area contributed by atoms with E-state index in [0.717, 1.165) is 11.1 Å². The minimum absolute atomic E-state index is 0.418. The molecule has 1 rings (SSSR count). The van der Waals surface area contributed by atoms with Crippen LogP contribution in [0.2, 0.25) is 0 Å².